The van der Waals surface area contributed by atoms with E-state index in [-0.39, 0.29) is 11.5 Å². The number of aromatic nitrogens is 3. The van der Waals surface area contributed by atoms with Crippen LogP contribution in [0.3, 0.4) is 0 Å². The maximum atomic E-state index is 12.9. The van der Waals surface area contributed by atoms with Crippen molar-refractivity contribution in [3.05, 3.63) is 27.2 Å². The van der Waals surface area contributed by atoms with Gasteiger partial charge < -0.3 is 10.2 Å². The Morgan fingerprint density at radius 1 is 1.22 bits per heavy atom. The molecule has 1 atom stereocenters. The molecule has 2 aliphatic rings. The van der Waals surface area contributed by atoms with E-state index in [0.29, 0.717) is 23.5 Å². The van der Waals surface area contributed by atoms with Gasteiger partial charge in [-0.1, -0.05) is 0 Å². The van der Waals surface area contributed by atoms with Crippen molar-refractivity contribution in [2.75, 3.05) is 39.3 Å². The average Bonchev–Trinajstić information content (AvgIpc) is 3.25. The Kier molecular flexibility index (Phi) is 4.77. The number of rotatable bonds is 3. The number of likely N-dealkylation sites (tertiary alicyclic amines) is 1. The maximum Gasteiger partial charge on any atom is 0.273 e. The van der Waals surface area contributed by atoms with Gasteiger partial charge in [-0.05, 0) is 31.4 Å². The summed E-state index contributed by atoms with van der Waals surface area (Å²) in [6, 6.07) is 0.468. The number of fused-ring (bicyclic) bond motifs is 1. The van der Waals surface area contributed by atoms with Crippen LogP contribution in [0.15, 0.2) is 4.79 Å². The van der Waals surface area contributed by atoms with Crippen molar-refractivity contribution in [3.8, 4) is 0 Å². The van der Waals surface area contributed by atoms with Gasteiger partial charge in [0.1, 0.15) is 0 Å². The summed E-state index contributed by atoms with van der Waals surface area (Å²) in [7, 11) is 1.78. The maximum absolute atomic E-state index is 12.9. The molecule has 2 saturated heterocycles. The molecule has 1 amide bonds. The van der Waals surface area contributed by atoms with Crippen LogP contribution in [0.2, 0.25) is 0 Å². The Balaban J connectivity index is 1.51. The van der Waals surface area contributed by atoms with Gasteiger partial charge in [0.15, 0.2) is 5.65 Å². The topological polar surface area (TPSA) is 86.3 Å². The Hall–Kier alpha value is -2.19. The second-order valence-electron chi connectivity index (χ2n) is 7.74. The number of carbonyl (C=O) groups is 1. The van der Waals surface area contributed by atoms with Crippen LogP contribution in [0.4, 0.5) is 0 Å². The predicted molar refractivity (Wildman–Crippen MR) is 104 cm³/mol. The minimum atomic E-state index is -0.147. The van der Waals surface area contributed by atoms with E-state index in [1.807, 2.05) is 18.7 Å². The fourth-order valence-electron chi connectivity index (χ4n) is 4.49. The molecule has 1 unspecified atom stereocenters. The van der Waals surface area contributed by atoms with Crippen LogP contribution >= 0.6 is 0 Å². The Labute approximate surface area is 158 Å². The number of pyridine rings is 1. The third kappa shape index (κ3) is 3.27. The SMILES string of the molecule is Cc1nc2c(c(C)c1CC(=O)N1CCC(N3CCNCC3)C1)c(=O)[nH]n2C. The standard InChI is InChI=1S/C19H28N6O2/c1-12-15(13(2)21-18-17(12)19(27)22-23(18)3)10-16(26)25-7-4-14(11-25)24-8-5-20-6-9-24/h14,20H,4-11H2,1-3H3,(H,22,27). The molecule has 0 aliphatic carbocycles. The molecule has 0 bridgehead atoms. The fourth-order valence-corrected chi connectivity index (χ4v) is 4.49. The van der Waals surface area contributed by atoms with E-state index in [1.54, 1.807) is 11.7 Å². The van der Waals surface area contributed by atoms with E-state index in [1.165, 1.54) is 0 Å². The molecule has 2 fully saturated rings. The number of aromatic amines is 1. The smallest absolute Gasteiger partial charge is 0.273 e. The van der Waals surface area contributed by atoms with Gasteiger partial charge in [0.2, 0.25) is 5.91 Å². The minimum Gasteiger partial charge on any atom is -0.341 e. The first-order chi connectivity index (χ1) is 13.0. The number of nitrogens with one attached hydrogen (secondary N) is 2. The van der Waals surface area contributed by atoms with E-state index >= 15 is 0 Å². The quantitative estimate of drug-likeness (QED) is 0.788. The van der Waals surface area contributed by atoms with Gasteiger partial charge in [0, 0.05) is 58.1 Å². The first-order valence-corrected chi connectivity index (χ1v) is 9.73. The Morgan fingerprint density at radius 3 is 2.70 bits per heavy atom. The van der Waals surface area contributed by atoms with Crippen molar-refractivity contribution < 1.29 is 4.79 Å². The molecular weight excluding hydrogens is 344 g/mol. The summed E-state index contributed by atoms with van der Waals surface area (Å²) in [5.41, 5.74) is 3.07. The monoisotopic (exact) mass is 372 g/mol. The van der Waals surface area contributed by atoms with E-state index in [2.05, 4.69) is 20.3 Å². The minimum absolute atomic E-state index is 0.132. The summed E-state index contributed by atoms with van der Waals surface area (Å²) in [6.07, 6.45) is 1.35. The number of nitrogens with zero attached hydrogens (tertiary/aromatic N) is 4. The average molecular weight is 372 g/mol. The molecule has 2 aliphatic heterocycles. The van der Waals surface area contributed by atoms with Gasteiger partial charge in [0.25, 0.3) is 5.56 Å². The number of amides is 1. The number of hydrogen-bond donors (Lipinski definition) is 2. The van der Waals surface area contributed by atoms with Crippen molar-refractivity contribution in [3.63, 3.8) is 0 Å². The highest BCUT2D eigenvalue weighted by Crippen LogP contribution is 2.22. The molecule has 2 aromatic rings. The van der Waals surface area contributed by atoms with Gasteiger partial charge in [-0.25, -0.2) is 4.98 Å². The Bertz CT molecular complexity index is 924. The van der Waals surface area contributed by atoms with E-state index in [4.69, 9.17) is 0 Å². The number of piperazine rings is 1. The van der Waals surface area contributed by atoms with Gasteiger partial charge >= 0.3 is 0 Å². The van der Waals surface area contributed by atoms with Crippen LogP contribution in [-0.4, -0.2) is 75.8 Å². The van der Waals surface area contributed by atoms with Crippen LogP contribution in [0.5, 0.6) is 0 Å². The largest absolute Gasteiger partial charge is 0.341 e. The molecule has 2 N–H and O–H groups in total. The lowest BCUT2D eigenvalue weighted by molar-refractivity contribution is -0.129. The third-order valence-corrected chi connectivity index (χ3v) is 6.09. The van der Waals surface area contributed by atoms with Crippen molar-refractivity contribution in [2.24, 2.45) is 7.05 Å². The summed E-state index contributed by atoms with van der Waals surface area (Å²) in [5.74, 6) is 0.132. The molecular formula is C19H28N6O2. The highest BCUT2D eigenvalue weighted by molar-refractivity contribution is 5.84. The first kappa shape index (κ1) is 18.2. The number of aryl methyl sites for hydroxylation is 3. The van der Waals surface area contributed by atoms with Crippen molar-refractivity contribution >= 4 is 16.9 Å². The summed E-state index contributed by atoms with van der Waals surface area (Å²) < 4.78 is 1.64. The lowest BCUT2D eigenvalue weighted by Crippen LogP contribution is -2.49. The third-order valence-electron chi connectivity index (χ3n) is 6.09. The molecule has 4 rings (SSSR count). The Morgan fingerprint density at radius 2 is 1.96 bits per heavy atom. The van der Waals surface area contributed by atoms with Crippen LogP contribution < -0.4 is 10.9 Å². The predicted octanol–water partition coefficient (Wildman–Crippen LogP) is -0.0730. The number of carbonyl (C=O) groups excluding carboxylic acids is 1. The zero-order valence-corrected chi connectivity index (χ0v) is 16.3. The zero-order valence-electron chi connectivity index (χ0n) is 16.3. The van der Waals surface area contributed by atoms with Crippen LogP contribution in [-0.2, 0) is 18.3 Å². The number of hydrogen-bond acceptors (Lipinski definition) is 5. The van der Waals surface area contributed by atoms with Gasteiger partial charge in [-0.15, -0.1) is 0 Å². The molecule has 0 aromatic carbocycles. The first-order valence-electron chi connectivity index (χ1n) is 9.73. The molecule has 2 aromatic heterocycles. The fraction of sp³-hybridized carbons (Fsp3) is 0.632. The lowest BCUT2D eigenvalue weighted by Gasteiger charge is -2.32. The second kappa shape index (κ2) is 7.09. The molecule has 4 heterocycles. The van der Waals surface area contributed by atoms with Gasteiger partial charge in [0.05, 0.1) is 11.8 Å². The van der Waals surface area contributed by atoms with Crippen molar-refractivity contribution in [1.82, 2.24) is 29.9 Å². The normalized spacial score (nSPS) is 21.3. The van der Waals surface area contributed by atoms with E-state index in [9.17, 15) is 9.59 Å². The zero-order chi connectivity index (χ0) is 19.1. The van der Waals surface area contributed by atoms with Crippen molar-refractivity contribution in [2.45, 2.75) is 32.7 Å². The second-order valence-corrected chi connectivity index (χ2v) is 7.74. The van der Waals surface area contributed by atoms with E-state index < -0.39 is 0 Å². The van der Waals surface area contributed by atoms with Crippen LogP contribution in [0, 0.1) is 13.8 Å². The molecule has 0 radical (unpaired) electrons. The highest BCUT2D eigenvalue weighted by Gasteiger charge is 2.31. The van der Waals surface area contributed by atoms with Crippen LogP contribution in [0.1, 0.15) is 23.2 Å². The van der Waals surface area contributed by atoms with Gasteiger partial charge in [-0.3, -0.25) is 24.3 Å². The summed E-state index contributed by atoms with van der Waals surface area (Å²) >= 11 is 0. The molecule has 8 nitrogen and oxygen atoms in total. The molecule has 0 saturated carbocycles. The molecule has 27 heavy (non-hydrogen) atoms. The van der Waals surface area contributed by atoms with Crippen LogP contribution in [0.25, 0.3) is 11.0 Å². The molecule has 146 valence electrons. The highest BCUT2D eigenvalue weighted by atomic mass is 16.2. The van der Waals surface area contributed by atoms with E-state index in [0.717, 1.165) is 62.5 Å². The molecule has 0 spiro atoms. The van der Waals surface area contributed by atoms with Gasteiger partial charge in [-0.2, -0.15) is 0 Å². The summed E-state index contributed by atoms with van der Waals surface area (Å²) in [4.78, 5) is 34.2. The summed E-state index contributed by atoms with van der Waals surface area (Å²) in [6.45, 7) is 9.62. The number of H-pyrrole nitrogens is 1. The molecule has 8 heteroatoms. The van der Waals surface area contributed by atoms with Crippen molar-refractivity contribution in [1.29, 1.82) is 0 Å². The summed E-state index contributed by atoms with van der Waals surface area (Å²) in [5, 5.41) is 6.72. The lowest BCUT2D eigenvalue weighted by atomic mass is 10.0.